The van der Waals surface area contributed by atoms with Crippen molar-refractivity contribution >= 4 is 76.4 Å². The zero-order valence-electron chi connectivity index (χ0n) is 30.7. The molecule has 0 aliphatic heterocycles. The second-order valence-corrected chi connectivity index (χ2v) is 32.8. The molecular weight excluding hydrogens is 768 g/mol. The van der Waals surface area contributed by atoms with Gasteiger partial charge in [0, 0.05) is 0 Å². The fourth-order valence-electron chi connectivity index (χ4n) is 7.17. The molecule has 0 unspecified atom stereocenters. The minimum atomic E-state index is -2.51. The van der Waals surface area contributed by atoms with Gasteiger partial charge in [-0.05, 0) is 0 Å². The summed E-state index contributed by atoms with van der Waals surface area (Å²) < 4.78 is 0. The van der Waals surface area contributed by atoms with Gasteiger partial charge in [-0.3, -0.25) is 0 Å². The number of hydrogen-bond acceptors (Lipinski definition) is 0. The zero-order chi connectivity index (χ0) is 36.1. The average Bonchev–Trinajstić information content (AvgIpc) is 3.20. The number of rotatable bonds is 18. The van der Waals surface area contributed by atoms with Crippen molar-refractivity contribution in [2.45, 2.75) is 20.3 Å². The summed E-state index contributed by atoms with van der Waals surface area (Å²) in [4.78, 5) is 0. The molecule has 0 heterocycles. The number of hydrogen-bond donors (Lipinski definition) is 0. The summed E-state index contributed by atoms with van der Waals surface area (Å²) in [5, 5.41) is 6.48. The molecule has 0 saturated heterocycles. The van der Waals surface area contributed by atoms with Gasteiger partial charge >= 0.3 is 328 Å². The molecular formula is C47H53BrP4. The van der Waals surface area contributed by atoms with E-state index >= 15 is 0 Å². The molecule has 0 bridgehead atoms. The third-order valence-corrected chi connectivity index (χ3v) is 28.6. The van der Waals surface area contributed by atoms with Crippen LogP contribution in [-0.2, 0) is 0 Å². The van der Waals surface area contributed by atoms with Crippen molar-refractivity contribution in [3.63, 3.8) is 0 Å². The predicted octanol–water partition coefficient (Wildman–Crippen LogP) is 11.3. The van der Waals surface area contributed by atoms with Gasteiger partial charge in [0.05, 0.1) is 0 Å². The summed E-state index contributed by atoms with van der Waals surface area (Å²) >= 11 is 5.00. The molecule has 6 aromatic carbocycles. The van der Waals surface area contributed by atoms with Crippen LogP contribution in [0, 0.1) is 5.92 Å². The topological polar surface area (TPSA) is 0 Å². The van der Waals surface area contributed by atoms with E-state index < -0.39 is 29.1 Å². The summed E-state index contributed by atoms with van der Waals surface area (Å²) in [5.74, 6) is 0.665. The molecule has 6 rings (SSSR count). The Balaban J connectivity index is 1.42. The Labute approximate surface area is 325 Å². The molecule has 52 heavy (non-hydrogen) atoms. The molecule has 6 aromatic rings. The van der Waals surface area contributed by atoms with Crippen LogP contribution >= 0.6 is 44.6 Å². The fourth-order valence-corrected chi connectivity index (χ4v) is 28.6. The molecule has 0 spiro atoms. The SMILES string of the molecule is CC(C)CCP(Br)(CCP(c1ccccc1)c1ccccc1)(CCP(c1ccccc1)c1ccccc1)CCP(c1ccccc1)c1ccccc1. The monoisotopic (exact) mass is 820 g/mol. The van der Waals surface area contributed by atoms with Gasteiger partial charge in [-0.15, -0.1) is 0 Å². The normalized spacial score (nSPS) is 12.7. The molecule has 0 radical (unpaired) electrons. The van der Waals surface area contributed by atoms with Crippen LogP contribution in [0.3, 0.4) is 0 Å². The molecule has 0 saturated carbocycles. The number of halogens is 1. The van der Waals surface area contributed by atoms with Gasteiger partial charge in [-0.1, -0.05) is 0 Å². The first kappa shape index (κ1) is 39.2. The molecule has 0 fully saturated rings. The first-order chi connectivity index (χ1) is 25.4. The Morgan fingerprint density at radius 1 is 0.365 bits per heavy atom. The van der Waals surface area contributed by atoms with E-state index in [-0.39, 0.29) is 0 Å². The predicted molar refractivity (Wildman–Crippen MR) is 247 cm³/mol. The molecule has 268 valence electrons. The molecule has 0 aliphatic rings. The van der Waals surface area contributed by atoms with E-state index in [4.69, 9.17) is 15.5 Å². The Bertz CT molecular complexity index is 1560. The van der Waals surface area contributed by atoms with Crippen LogP contribution in [0.2, 0.25) is 0 Å². The summed E-state index contributed by atoms with van der Waals surface area (Å²) in [6.07, 6.45) is 10.0. The van der Waals surface area contributed by atoms with E-state index in [1.165, 1.54) is 81.4 Å². The minimum absolute atomic E-state index is 0.487. The van der Waals surface area contributed by atoms with Crippen molar-refractivity contribution in [1.29, 1.82) is 0 Å². The van der Waals surface area contributed by atoms with Crippen molar-refractivity contribution in [2.24, 2.45) is 5.92 Å². The van der Waals surface area contributed by atoms with Crippen LogP contribution in [0.25, 0.3) is 0 Å². The fraction of sp³-hybridized carbons (Fsp3) is 0.234. The van der Waals surface area contributed by atoms with Crippen molar-refractivity contribution < 1.29 is 0 Å². The van der Waals surface area contributed by atoms with Crippen LogP contribution < -0.4 is 31.8 Å². The van der Waals surface area contributed by atoms with Gasteiger partial charge in [0.25, 0.3) is 0 Å². The van der Waals surface area contributed by atoms with Gasteiger partial charge < -0.3 is 0 Å². The van der Waals surface area contributed by atoms with E-state index in [0.717, 1.165) is 0 Å². The van der Waals surface area contributed by atoms with E-state index in [1.54, 1.807) is 0 Å². The molecule has 5 heteroatoms. The van der Waals surface area contributed by atoms with Crippen LogP contribution in [0.4, 0.5) is 0 Å². The van der Waals surface area contributed by atoms with Gasteiger partial charge in [0.15, 0.2) is 0 Å². The van der Waals surface area contributed by atoms with E-state index in [2.05, 4.69) is 196 Å². The first-order valence-electron chi connectivity index (χ1n) is 18.8. The zero-order valence-corrected chi connectivity index (χ0v) is 35.9. The summed E-state index contributed by atoms with van der Waals surface area (Å²) in [5.41, 5.74) is 0. The second kappa shape index (κ2) is 19.2. The van der Waals surface area contributed by atoms with Crippen LogP contribution in [0.5, 0.6) is 0 Å². The molecule has 0 aromatic heterocycles. The molecule has 0 amide bonds. The molecule has 0 N–H and O–H groups in total. The maximum atomic E-state index is 5.00. The Morgan fingerprint density at radius 3 is 0.769 bits per heavy atom. The Morgan fingerprint density at radius 2 is 0.577 bits per heavy atom. The van der Waals surface area contributed by atoms with Crippen LogP contribution in [0.15, 0.2) is 182 Å². The van der Waals surface area contributed by atoms with Gasteiger partial charge in [-0.25, -0.2) is 0 Å². The van der Waals surface area contributed by atoms with E-state index in [0.29, 0.717) is 5.92 Å². The van der Waals surface area contributed by atoms with Gasteiger partial charge in [-0.2, -0.15) is 0 Å². The summed E-state index contributed by atoms with van der Waals surface area (Å²) in [6.45, 7) is 4.85. The van der Waals surface area contributed by atoms with Gasteiger partial charge in [0.1, 0.15) is 0 Å². The third kappa shape index (κ3) is 10.8. The second-order valence-electron chi connectivity index (χ2n) is 14.4. The maximum absolute atomic E-state index is 5.00. The quantitative estimate of drug-likeness (QED) is 0.0758. The molecule has 0 aliphatic carbocycles. The molecule has 0 nitrogen and oxygen atoms in total. The van der Waals surface area contributed by atoms with Gasteiger partial charge in [0.2, 0.25) is 0 Å². The Kier molecular flexibility index (Phi) is 14.5. The van der Waals surface area contributed by atoms with Crippen LogP contribution in [-0.4, -0.2) is 43.1 Å². The number of benzene rings is 6. The molecule has 0 atom stereocenters. The van der Waals surface area contributed by atoms with Crippen molar-refractivity contribution in [1.82, 2.24) is 0 Å². The van der Waals surface area contributed by atoms with Crippen molar-refractivity contribution in [3.05, 3.63) is 182 Å². The first-order valence-corrected chi connectivity index (χ1v) is 28.3. The van der Waals surface area contributed by atoms with E-state index in [1.807, 2.05) is 0 Å². The van der Waals surface area contributed by atoms with Crippen molar-refractivity contribution in [2.75, 3.05) is 43.1 Å². The third-order valence-electron chi connectivity index (χ3n) is 10.3. The Hall–Kier alpha value is -2.48. The summed E-state index contributed by atoms with van der Waals surface area (Å²) in [6, 6.07) is 68.4. The van der Waals surface area contributed by atoms with Crippen molar-refractivity contribution in [3.8, 4) is 0 Å². The van der Waals surface area contributed by atoms with E-state index in [9.17, 15) is 0 Å². The average molecular weight is 822 g/mol. The van der Waals surface area contributed by atoms with Crippen LogP contribution in [0.1, 0.15) is 20.3 Å². The standard InChI is InChI=1S/C47H53BrP4/c1-41(2)33-37-52(48,38-34-49(42-21-9-3-10-22-42)43-23-11-4-12-24-43,39-35-50(44-25-13-5-14-26-44)45-27-15-6-16-28-45)40-36-51(46-29-17-7-18-30-46)47-31-19-8-20-32-47/h3-32,41H,33-40H2,1-2H3. The summed E-state index contributed by atoms with van der Waals surface area (Å²) in [7, 11) is -1.46.